The maximum atomic E-state index is 6.30. The fraction of sp³-hybridized carbons (Fsp3) is 0.429. The van der Waals surface area contributed by atoms with Crippen molar-refractivity contribution in [2.24, 2.45) is 12.8 Å². The van der Waals surface area contributed by atoms with Crippen LogP contribution in [0.2, 0.25) is 0 Å². The number of aromatic nitrogens is 1. The molecule has 1 aromatic heterocycles. The minimum absolute atomic E-state index is 0.0429. The number of nitrogens with two attached hydrogens (primary N) is 1. The van der Waals surface area contributed by atoms with Gasteiger partial charge in [-0.25, -0.2) is 0 Å². The second-order valence-corrected chi connectivity index (χ2v) is 4.95. The van der Waals surface area contributed by atoms with Crippen molar-refractivity contribution >= 4 is 10.9 Å². The molecule has 1 aromatic carbocycles. The summed E-state index contributed by atoms with van der Waals surface area (Å²) in [7, 11) is 2.14. The molecule has 0 aliphatic heterocycles. The Hall–Kier alpha value is -1.28. The molecule has 2 heteroatoms. The van der Waals surface area contributed by atoms with Crippen LogP contribution in [0.15, 0.2) is 24.3 Å². The molecule has 0 spiro atoms. The quantitative estimate of drug-likeness (QED) is 0.818. The number of benzene rings is 1. The van der Waals surface area contributed by atoms with Crippen LogP contribution in [0.3, 0.4) is 0 Å². The van der Waals surface area contributed by atoms with Crippen LogP contribution in [0, 0.1) is 0 Å². The SMILES string of the molecule is CCc1cccc2cc(C3(N)CC3)n(C)c12. The molecule has 0 bridgehead atoms. The zero-order chi connectivity index (χ0) is 11.3. The number of hydrogen-bond donors (Lipinski definition) is 1. The first-order valence-corrected chi connectivity index (χ1v) is 6.02. The first-order chi connectivity index (χ1) is 7.65. The molecule has 16 heavy (non-hydrogen) atoms. The first-order valence-electron chi connectivity index (χ1n) is 6.02. The summed E-state index contributed by atoms with van der Waals surface area (Å²) in [6.07, 6.45) is 3.32. The van der Waals surface area contributed by atoms with Gasteiger partial charge in [-0.3, -0.25) is 0 Å². The molecule has 0 saturated heterocycles. The van der Waals surface area contributed by atoms with Gasteiger partial charge in [-0.15, -0.1) is 0 Å². The molecule has 0 amide bonds. The highest BCUT2D eigenvalue weighted by Crippen LogP contribution is 2.44. The lowest BCUT2D eigenvalue weighted by Crippen LogP contribution is -2.21. The summed E-state index contributed by atoms with van der Waals surface area (Å²) in [6, 6.07) is 8.80. The second-order valence-electron chi connectivity index (χ2n) is 4.95. The van der Waals surface area contributed by atoms with Gasteiger partial charge in [-0.05, 0) is 30.9 Å². The van der Waals surface area contributed by atoms with Crippen LogP contribution in [-0.4, -0.2) is 4.57 Å². The van der Waals surface area contributed by atoms with Crippen molar-refractivity contribution in [2.75, 3.05) is 0 Å². The van der Waals surface area contributed by atoms with E-state index < -0.39 is 0 Å². The van der Waals surface area contributed by atoms with Crippen molar-refractivity contribution in [3.8, 4) is 0 Å². The highest BCUT2D eigenvalue weighted by Gasteiger charge is 2.42. The maximum Gasteiger partial charge on any atom is 0.0565 e. The minimum atomic E-state index is -0.0429. The zero-order valence-corrected chi connectivity index (χ0v) is 9.96. The summed E-state index contributed by atoms with van der Waals surface area (Å²) in [6.45, 7) is 2.21. The van der Waals surface area contributed by atoms with E-state index in [0.717, 1.165) is 19.3 Å². The van der Waals surface area contributed by atoms with Gasteiger partial charge in [0.05, 0.1) is 11.1 Å². The molecule has 1 aliphatic carbocycles. The second kappa shape index (κ2) is 3.11. The van der Waals surface area contributed by atoms with Crippen molar-refractivity contribution in [3.05, 3.63) is 35.5 Å². The van der Waals surface area contributed by atoms with Gasteiger partial charge in [-0.1, -0.05) is 25.1 Å². The standard InChI is InChI=1S/C14H18N2/c1-3-10-5-4-6-11-9-12(14(15)7-8-14)16(2)13(10)11/h4-6,9H,3,7-8,15H2,1-2H3. The van der Waals surface area contributed by atoms with Gasteiger partial charge < -0.3 is 10.3 Å². The predicted octanol–water partition coefficient (Wildman–Crippen LogP) is 2.69. The molecular formula is C14H18N2. The molecule has 1 aliphatic rings. The number of aryl methyl sites for hydroxylation is 2. The predicted molar refractivity (Wildman–Crippen MR) is 67.4 cm³/mol. The average Bonchev–Trinajstić information content (AvgIpc) is 2.94. The Morgan fingerprint density at radius 2 is 2.12 bits per heavy atom. The zero-order valence-electron chi connectivity index (χ0n) is 9.96. The normalized spacial score (nSPS) is 17.9. The molecule has 1 heterocycles. The van der Waals surface area contributed by atoms with E-state index in [1.165, 1.54) is 22.2 Å². The van der Waals surface area contributed by atoms with E-state index in [9.17, 15) is 0 Å². The fourth-order valence-corrected chi connectivity index (χ4v) is 2.66. The summed E-state index contributed by atoms with van der Waals surface area (Å²) in [4.78, 5) is 0. The van der Waals surface area contributed by atoms with Crippen LogP contribution in [-0.2, 0) is 19.0 Å². The molecule has 2 N–H and O–H groups in total. The van der Waals surface area contributed by atoms with Crippen molar-refractivity contribution in [3.63, 3.8) is 0 Å². The highest BCUT2D eigenvalue weighted by molar-refractivity contribution is 5.85. The Morgan fingerprint density at radius 1 is 1.38 bits per heavy atom. The van der Waals surface area contributed by atoms with Gasteiger partial charge in [0, 0.05) is 18.1 Å². The molecule has 84 valence electrons. The average molecular weight is 214 g/mol. The largest absolute Gasteiger partial charge is 0.346 e. The van der Waals surface area contributed by atoms with E-state index in [-0.39, 0.29) is 5.54 Å². The lowest BCUT2D eigenvalue weighted by atomic mass is 10.1. The monoisotopic (exact) mass is 214 g/mol. The Morgan fingerprint density at radius 3 is 2.75 bits per heavy atom. The van der Waals surface area contributed by atoms with E-state index in [4.69, 9.17) is 5.73 Å². The number of nitrogens with zero attached hydrogens (tertiary/aromatic N) is 1. The van der Waals surface area contributed by atoms with Crippen molar-refractivity contribution < 1.29 is 0 Å². The van der Waals surface area contributed by atoms with Crippen LogP contribution in [0.1, 0.15) is 31.0 Å². The lowest BCUT2D eigenvalue weighted by Gasteiger charge is -2.11. The maximum absolute atomic E-state index is 6.30. The topological polar surface area (TPSA) is 30.9 Å². The fourth-order valence-electron chi connectivity index (χ4n) is 2.66. The van der Waals surface area contributed by atoms with Crippen molar-refractivity contribution in [2.45, 2.75) is 31.7 Å². The molecule has 0 atom stereocenters. The van der Waals surface area contributed by atoms with Gasteiger partial charge in [-0.2, -0.15) is 0 Å². The molecule has 0 radical (unpaired) electrons. The van der Waals surface area contributed by atoms with E-state index in [0.29, 0.717) is 0 Å². The summed E-state index contributed by atoms with van der Waals surface area (Å²) >= 11 is 0. The van der Waals surface area contributed by atoms with Gasteiger partial charge in [0.15, 0.2) is 0 Å². The van der Waals surface area contributed by atoms with E-state index >= 15 is 0 Å². The molecule has 2 nitrogen and oxygen atoms in total. The van der Waals surface area contributed by atoms with Gasteiger partial charge in [0.2, 0.25) is 0 Å². The summed E-state index contributed by atoms with van der Waals surface area (Å²) in [5.41, 5.74) is 10.3. The Balaban J connectivity index is 2.30. The summed E-state index contributed by atoms with van der Waals surface area (Å²) < 4.78 is 2.29. The first kappa shape index (κ1) is 9.91. The van der Waals surface area contributed by atoms with Crippen LogP contribution in [0.5, 0.6) is 0 Å². The Bertz CT molecular complexity index is 547. The Kier molecular flexibility index (Phi) is 1.93. The van der Waals surface area contributed by atoms with Crippen LogP contribution < -0.4 is 5.73 Å². The van der Waals surface area contributed by atoms with Crippen molar-refractivity contribution in [1.82, 2.24) is 4.57 Å². The van der Waals surface area contributed by atoms with Gasteiger partial charge in [0.1, 0.15) is 0 Å². The molecular weight excluding hydrogens is 196 g/mol. The summed E-state index contributed by atoms with van der Waals surface area (Å²) in [5, 5.41) is 1.33. The third-order valence-electron chi connectivity index (χ3n) is 3.82. The Labute approximate surface area is 96.1 Å². The van der Waals surface area contributed by atoms with Crippen LogP contribution in [0.4, 0.5) is 0 Å². The smallest absolute Gasteiger partial charge is 0.0565 e. The highest BCUT2D eigenvalue weighted by atomic mass is 15.0. The minimum Gasteiger partial charge on any atom is -0.346 e. The summed E-state index contributed by atoms with van der Waals surface area (Å²) in [5.74, 6) is 0. The van der Waals surface area contributed by atoms with Gasteiger partial charge >= 0.3 is 0 Å². The third-order valence-corrected chi connectivity index (χ3v) is 3.82. The molecule has 2 aromatic rings. The molecule has 1 saturated carbocycles. The van der Waals surface area contributed by atoms with Crippen molar-refractivity contribution in [1.29, 1.82) is 0 Å². The number of fused-ring (bicyclic) bond motifs is 1. The van der Waals surface area contributed by atoms with E-state index in [2.05, 4.69) is 42.8 Å². The van der Waals surface area contributed by atoms with E-state index in [1.807, 2.05) is 0 Å². The number of rotatable bonds is 2. The van der Waals surface area contributed by atoms with Gasteiger partial charge in [0.25, 0.3) is 0 Å². The molecule has 3 rings (SSSR count). The number of para-hydroxylation sites is 1. The number of hydrogen-bond acceptors (Lipinski definition) is 1. The van der Waals surface area contributed by atoms with Crippen LogP contribution in [0.25, 0.3) is 10.9 Å². The van der Waals surface area contributed by atoms with E-state index in [1.54, 1.807) is 0 Å². The molecule has 1 fully saturated rings. The lowest BCUT2D eigenvalue weighted by molar-refractivity contribution is 0.666. The molecule has 0 unspecified atom stereocenters. The third kappa shape index (κ3) is 1.23. The van der Waals surface area contributed by atoms with Crippen LogP contribution >= 0.6 is 0 Å².